The standard InChI is InChI=1S/C23H36N2O4.C12H17NO/c1-15(2)18(21(27)24-17-12-10-9-11-13-17)14-19(26)20(16(3)4)25(8)22(28)29-23(5,6)7;1-9(2)12(13)11(14)8-10-6-4-3-5-7-10/h9-13,15-16,18,20H,14H2,1-8H3,(H,24,27);3-7,9,12H,8,13H2,1-2H3/t18-,20-;12-/m00/s1. The second-order valence-corrected chi connectivity index (χ2v) is 13.1. The average molecular weight is 596 g/mol. The number of ether oxygens (including phenoxy) is 1. The highest BCUT2D eigenvalue weighted by Crippen LogP contribution is 2.23. The van der Waals surface area contributed by atoms with Crippen LogP contribution in [0, 0.1) is 23.7 Å². The Bertz CT molecular complexity index is 1160. The molecule has 0 spiro atoms. The number of nitrogens with zero attached hydrogens (tertiary/aromatic N) is 1. The van der Waals surface area contributed by atoms with Crippen LogP contribution in [0.1, 0.15) is 74.3 Å². The predicted octanol–water partition coefficient (Wildman–Crippen LogP) is 6.53. The van der Waals surface area contributed by atoms with Gasteiger partial charge in [0.25, 0.3) is 0 Å². The third kappa shape index (κ3) is 13.5. The van der Waals surface area contributed by atoms with E-state index in [0.717, 1.165) is 5.56 Å². The monoisotopic (exact) mass is 595 g/mol. The van der Waals surface area contributed by atoms with Gasteiger partial charge in [-0.1, -0.05) is 90.1 Å². The van der Waals surface area contributed by atoms with Crippen LogP contribution in [0.15, 0.2) is 60.7 Å². The Morgan fingerprint density at radius 2 is 1.30 bits per heavy atom. The van der Waals surface area contributed by atoms with Crippen LogP contribution in [-0.2, 0) is 25.5 Å². The van der Waals surface area contributed by atoms with Crippen molar-refractivity contribution in [3.63, 3.8) is 0 Å². The van der Waals surface area contributed by atoms with E-state index in [1.165, 1.54) is 4.90 Å². The lowest BCUT2D eigenvalue weighted by Gasteiger charge is -2.33. The van der Waals surface area contributed by atoms with Crippen molar-refractivity contribution < 1.29 is 23.9 Å². The molecule has 2 rings (SSSR count). The van der Waals surface area contributed by atoms with Gasteiger partial charge in [0.05, 0.1) is 12.1 Å². The normalized spacial score (nSPS) is 13.4. The van der Waals surface area contributed by atoms with Crippen molar-refractivity contribution in [2.24, 2.45) is 29.4 Å². The van der Waals surface area contributed by atoms with Crippen molar-refractivity contribution >= 4 is 29.3 Å². The lowest BCUT2D eigenvalue weighted by atomic mass is 9.85. The van der Waals surface area contributed by atoms with Gasteiger partial charge < -0.3 is 20.7 Å². The molecule has 238 valence electrons. The maximum atomic E-state index is 13.1. The Hall–Kier alpha value is -3.52. The van der Waals surface area contributed by atoms with Gasteiger partial charge in [-0.3, -0.25) is 14.4 Å². The summed E-state index contributed by atoms with van der Waals surface area (Å²) in [5.41, 5.74) is 6.84. The molecule has 43 heavy (non-hydrogen) atoms. The van der Waals surface area contributed by atoms with E-state index >= 15 is 0 Å². The molecule has 0 aliphatic rings. The van der Waals surface area contributed by atoms with Crippen molar-refractivity contribution in [1.29, 1.82) is 0 Å². The van der Waals surface area contributed by atoms with Gasteiger partial charge in [-0.05, 0) is 56.2 Å². The van der Waals surface area contributed by atoms with E-state index in [0.29, 0.717) is 12.1 Å². The smallest absolute Gasteiger partial charge is 0.410 e. The van der Waals surface area contributed by atoms with Gasteiger partial charge in [0.15, 0.2) is 11.6 Å². The molecular formula is C35H53N3O5. The highest BCUT2D eigenvalue weighted by Gasteiger charge is 2.35. The van der Waals surface area contributed by atoms with E-state index in [9.17, 15) is 19.2 Å². The Morgan fingerprint density at radius 3 is 1.74 bits per heavy atom. The molecule has 0 radical (unpaired) electrons. The summed E-state index contributed by atoms with van der Waals surface area (Å²) in [6.45, 7) is 16.9. The number of ketones is 2. The number of nitrogens with two attached hydrogens (primary N) is 1. The minimum absolute atomic E-state index is 0.0256. The van der Waals surface area contributed by atoms with E-state index < -0.39 is 23.7 Å². The highest BCUT2D eigenvalue weighted by molar-refractivity contribution is 5.97. The molecule has 3 N–H and O–H groups in total. The maximum absolute atomic E-state index is 13.1. The number of nitrogens with one attached hydrogen (secondary N) is 1. The van der Waals surface area contributed by atoms with E-state index in [1.807, 2.05) is 102 Å². The van der Waals surface area contributed by atoms with Crippen LogP contribution in [0.25, 0.3) is 0 Å². The molecule has 0 bridgehead atoms. The number of carbonyl (C=O) groups excluding carboxylic acids is 4. The fraction of sp³-hybridized carbons (Fsp3) is 0.543. The van der Waals surface area contributed by atoms with Gasteiger partial charge in [-0.2, -0.15) is 0 Å². The van der Waals surface area contributed by atoms with E-state index in [2.05, 4.69) is 5.32 Å². The molecular weight excluding hydrogens is 542 g/mol. The number of benzene rings is 2. The van der Waals surface area contributed by atoms with E-state index in [-0.39, 0.29) is 47.7 Å². The predicted molar refractivity (Wildman–Crippen MR) is 174 cm³/mol. The second kappa shape index (κ2) is 17.6. The van der Waals surface area contributed by atoms with Crippen molar-refractivity contribution in [2.45, 2.75) is 92.8 Å². The zero-order valence-corrected chi connectivity index (χ0v) is 27.7. The second-order valence-electron chi connectivity index (χ2n) is 13.1. The summed E-state index contributed by atoms with van der Waals surface area (Å²) in [7, 11) is 1.57. The highest BCUT2D eigenvalue weighted by atomic mass is 16.6. The SMILES string of the molecule is CC(C)[C@H](CC(=O)[C@H](C(C)C)N(C)C(=O)OC(C)(C)C)C(=O)Nc1ccccc1.CC(C)[C@H](N)C(=O)Cc1ccccc1. The molecule has 0 aliphatic carbocycles. The van der Waals surface area contributed by atoms with Gasteiger partial charge in [0.1, 0.15) is 5.60 Å². The fourth-order valence-electron chi connectivity index (χ4n) is 4.49. The Labute approximate surface area is 258 Å². The van der Waals surface area contributed by atoms with Crippen molar-refractivity contribution in [2.75, 3.05) is 12.4 Å². The first-order valence-electron chi connectivity index (χ1n) is 15.1. The minimum Gasteiger partial charge on any atom is -0.444 e. The summed E-state index contributed by atoms with van der Waals surface area (Å²) in [6.07, 6.45) is -0.0358. The number of anilines is 1. The molecule has 0 saturated heterocycles. The molecule has 0 saturated carbocycles. The topological polar surface area (TPSA) is 119 Å². The molecule has 8 heteroatoms. The van der Waals surface area contributed by atoms with E-state index in [4.69, 9.17) is 10.5 Å². The number of rotatable bonds is 12. The van der Waals surface area contributed by atoms with Gasteiger partial charge in [-0.25, -0.2) is 4.79 Å². The Morgan fingerprint density at radius 1 is 0.791 bits per heavy atom. The van der Waals surface area contributed by atoms with Crippen molar-refractivity contribution in [3.05, 3.63) is 66.2 Å². The lowest BCUT2D eigenvalue weighted by molar-refractivity contribution is -0.131. The molecule has 2 aromatic rings. The van der Waals surface area contributed by atoms with Crippen molar-refractivity contribution in [3.8, 4) is 0 Å². The largest absolute Gasteiger partial charge is 0.444 e. The van der Waals surface area contributed by atoms with Gasteiger partial charge >= 0.3 is 6.09 Å². The summed E-state index contributed by atoms with van der Waals surface area (Å²) >= 11 is 0. The number of Topliss-reactive ketones (excluding diaryl/α,β-unsaturated/α-hetero) is 2. The van der Waals surface area contributed by atoms with Crippen LogP contribution < -0.4 is 11.1 Å². The molecule has 0 heterocycles. The molecule has 0 aromatic heterocycles. The first-order valence-corrected chi connectivity index (χ1v) is 15.1. The van der Waals surface area contributed by atoms with Crippen LogP contribution in [0.2, 0.25) is 0 Å². The van der Waals surface area contributed by atoms with Crippen molar-refractivity contribution in [1.82, 2.24) is 4.90 Å². The molecule has 3 atom stereocenters. The van der Waals surface area contributed by atoms with Crippen LogP contribution in [0.4, 0.5) is 10.5 Å². The number of hydrogen-bond acceptors (Lipinski definition) is 6. The molecule has 0 fully saturated rings. The fourth-order valence-corrected chi connectivity index (χ4v) is 4.49. The molecule has 2 amide bonds. The molecule has 0 aliphatic heterocycles. The summed E-state index contributed by atoms with van der Waals surface area (Å²) in [5, 5.41) is 2.88. The zero-order chi connectivity index (χ0) is 32.9. The van der Waals surface area contributed by atoms with Crippen LogP contribution in [-0.4, -0.2) is 53.2 Å². The average Bonchev–Trinajstić information content (AvgIpc) is 2.91. The Kier molecular flexibility index (Phi) is 15.3. The zero-order valence-electron chi connectivity index (χ0n) is 27.7. The summed E-state index contributed by atoms with van der Waals surface area (Å²) < 4.78 is 5.42. The first kappa shape index (κ1) is 37.5. The number of hydrogen-bond donors (Lipinski definition) is 2. The minimum atomic E-state index is -0.657. The summed E-state index contributed by atoms with van der Waals surface area (Å²) in [4.78, 5) is 51.4. The summed E-state index contributed by atoms with van der Waals surface area (Å²) in [5.74, 6) is -0.627. The first-order chi connectivity index (χ1) is 19.9. The van der Waals surface area contributed by atoms with Crippen LogP contribution >= 0.6 is 0 Å². The number of amides is 2. The Balaban J connectivity index is 0.000000549. The van der Waals surface area contributed by atoms with Gasteiger partial charge in [-0.15, -0.1) is 0 Å². The quantitative estimate of drug-likeness (QED) is 0.288. The number of carbonyl (C=O) groups is 4. The lowest BCUT2D eigenvalue weighted by Crippen LogP contribution is -2.48. The summed E-state index contributed by atoms with van der Waals surface area (Å²) in [6, 6.07) is 17.9. The molecule has 0 unspecified atom stereocenters. The number of para-hydroxylation sites is 1. The van der Waals surface area contributed by atoms with E-state index in [1.54, 1.807) is 27.8 Å². The third-order valence-electron chi connectivity index (χ3n) is 6.98. The third-order valence-corrected chi connectivity index (χ3v) is 6.98. The van der Waals surface area contributed by atoms with Crippen LogP contribution in [0.3, 0.4) is 0 Å². The number of likely N-dealkylation sites (N-methyl/N-ethyl adjacent to an activating group) is 1. The van der Waals surface area contributed by atoms with Gasteiger partial charge in [0.2, 0.25) is 5.91 Å². The van der Waals surface area contributed by atoms with Gasteiger partial charge in [0, 0.05) is 31.5 Å². The maximum Gasteiger partial charge on any atom is 0.410 e. The van der Waals surface area contributed by atoms with Crippen LogP contribution in [0.5, 0.6) is 0 Å². The molecule has 8 nitrogen and oxygen atoms in total. The molecule has 2 aromatic carbocycles.